The molecule has 1 aromatic heterocycles. The van der Waals surface area contributed by atoms with Crippen molar-refractivity contribution < 1.29 is 9.59 Å². The first-order chi connectivity index (χ1) is 11.6. The number of aryl methyl sites for hydroxylation is 1. The summed E-state index contributed by atoms with van der Waals surface area (Å²) in [5.74, 6) is 0.223. The lowest BCUT2D eigenvalue weighted by atomic mass is 9.89. The molecule has 5 heteroatoms. The maximum absolute atomic E-state index is 12.5. The highest BCUT2D eigenvalue weighted by Gasteiger charge is 2.27. The van der Waals surface area contributed by atoms with E-state index in [0.717, 1.165) is 18.4 Å². The molecule has 1 fully saturated rings. The van der Waals surface area contributed by atoms with Crippen LogP contribution in [0.2, 0.25) is 0 Å². The number of nitrogens with one attached hydrogen (secondary N) is 1. The summed E-state index contributed by atoms with van der Waals surface area (Å²) in [4.78, 5) is 27.8. The third-order valence-corrected chi connectivity index (χ3v) is 5.60. The number of ketones is 1. The number of hydrogen-bond acceptors (Lipinski definition) is 3. The molecule has 1 aliphatic heterocycles. The maximum atomic E-state index is 12.5. The monoisotopic (exact) mass is 342 g/mol. The summed E-state index contributed by atoms with van der Waals surface area (Å²) in [5.41, 5.74) is 1.99. The molecule has 1 saturated heterocycles. The predicted octanol–water partition coefficient (Wildman–Crippen LogP) is 3.86. The Bertz CT molecular complexity index is 703. The maximum Gasteiger partial charge on any atom is 0.317 e. The van der Waals surface area contributed by atoms with Gasteiger partial charge in [0.05, 0.1) is 6.54 Å². The van der Waals surface area contributed by atoms with Gasteiger partial charge < -0.3 is 10.2 Å². The van der Waals surface area contributed by atoms with E-state index in [2.05, 4.69) is 18.3 Å². The molecule has 2 aromatic rings. The number of piperidine rings is 1. The highest BCUT2D eigenvalue weighted by atomic mass is 32.1. The summed E-state index contributed by atoms with van der Waals surface area (Å²) >= 11 is 1.66. The van der Waals surface area contributed by atoms with Crippen molar-refractivity contribution in [1.82, 2.24) is 10.2 Å². The zero-order valence-electron chi connectivity index (χ0n) is 13.8. The second kappa shape index (κ2) is 7.62. The standard InChI is InChI=1S/C19H22N2O2S/c1-14-9-12-24-17(14)13-20-19(23)21-10-7-16(8-11-21)18(22)15-5-3-2-4-6-15/h2-6,9,12,16H,7-8,10-11,13H2,1H3,(H,20,23). The van der Waals surface area contributed by atoms with Gasteiger partial charge in [-0.2, -0.15) is 0 Å². The predicted molar refractivity (Wildman–Crippen MR) is 96.4 cm³/mol. The zero-order valence-corrected chi connectivity index (χ0v) is 14.6. The minimum Gasteiger partial charge on any atom is -0.333 e. The molecule has 0 bridgehead atoms. The molecular formula is C19H22N2O2S. The molecule has 0 unspecified atom stereocenters. The molecule has 126 valence electrons. The number of likely N-dealkylation sites (tertiary alicyclic amines) is 1. The van der Waals surface area contributed by atoms with Crippen LogP contribution in [-0.2, 0) is 6.54 Å². The Balaban J connectivity index is 1.49. The van der Waals surface area contributed by atoms with Crippen molar-refractivity contribution in [3.8, 4) is 0 Å². The first-order valence-corrected chi connectivity index (χ1v) is 9.18. The first kappa shape index (κ1) is 16.7. The fourth-order valence-electron chi connectivity index (χ4n) is 3.04. The Hall–Kier alpha value is -2.14. The smallest absolute Gasteiger partial charge is 0.317 e. The largest absolute Gasteiger partial charge is 0.333 e. The van der Waals surface area contributed by atoms with E-state index in [1.54, 1.807) is 11.3 Å². The minimum atomic E-state index is -0.0339. The number of amides is 2. The lowest BCUT2D eigenvalue weighted by Crippen LogP contribution is -2.45. The van der Waals surface area contributed by atoms with Gasteiger partial charge in [-0.1, -0.05) is 30.3 Å². The molecule has 2 heterocycles. The van der Waals surface area contributed by atoms with Crippen LogP contribution < -0.4 is 5.32 Å². The van der Waals surface area contributed by atoms with Crippen LogP contribution in [0, 0.1) is 12.8 Å². The van der Waals surface area contributed by atoms with Gasteiger partial charge in [-0.25, -0.2) is 4.79 Å². The van der Waals surface area contributed by atoms with Crippen molar-refractivity contribution in [3.63, 3.8) is 0 Å². The van der Waals surface area contributed by atoms with Gasteiger partial charge in [-0.05, 0) is 36.8 Å². The minimum absolute atomic E-state index is 0.0241. The van der Waals surface area contributed by atoms with Crippen LogP contribution in [-0.4, -0.2) is 29.8 Å². The summed E-state index contributed by atoms with van der Waals surface area (Å²) in [6.45, 7) is 3.90. The van der Waals surface area contributed by atoms with Crippen LogP contribution in [0.5, 0.6) is 0 Å². The summed E-state index contributed by atoms with van der Waals surface area (Å²) in [7, 11) is 0. The fraction of sp³-hybridized carbons (Fsp3) is 0.368. The van der Waals surface area contributed by atoms with Gasteiger partial charge in [-0.3, -0.25) is 4.79 Å². The van der Waals surface area contributed by atoms with E-state index in [1.165, 1.54) is 10.4 Å². The van der Waals surface area contributed by atoms with Crippen LogP contribution in [0.1, 0.15) is 33.6 Å². The second-order valence-corrected chi connectivity index (χ2v) is 7.18. The molecule has 1 aromatic carbocycles. The van der Waals surface area contributed by atoms with E-state index < -0.39 is 0 Å². The number of urea groups is 1. The Morgan fingerprint density at radius 1 is 1.17 bits per heavy atom. The molecule has 0 saturated carbocycles. The molecule has 0 radical (unpaired) electrons. The Morgan fingerprint density at radius 2 is 1.88 bits per heavy atom. The van der Waals surface area contributed by atoms with Gasteiger partial charge in [0, 0.05) is 29.4 Å². The van der Waals surface area contributed by atoms with E-state index in [4.69, 9.17) is 0 Å². The van der Waals surface area contributed by atoms with E-state index >= 15 is 0 Å². The van der Waals surface area contributed by atoms with Crippen LogP contribution in [0.25, 0.3) is 0 Å². The van der Waals surface area contributed by atoms with Gasteiger partial charge in [0.2, 0.25) is 0 Å². The van der Waals surface area contributed by atoms with Gasteiger partial charge in [0.15, 0.2) is 5.78 Å². The average molecular weight is 342 g/mol. The summed E-state index contributed by atoms with van der Waals surface area (Å²) < 4.78 is 0. The van der Waals surface area contributed by atoms with E-state index in [9.17, 15) is 9.59 Å². The highest BCUT2D eigenvalue weighted by Crippen LogP contribution is 2.22. The SMILES string of the molecule is Cc1ccsc1CNC(=O)N1CCC(C(=O)c2ccccc2)CC1. The van der Waals surface area contributed by atoms with Crippen molar-refractivity contribution in [2.75, 3.05) is 13.1 Å². The fourth-order valence-corrected chi connectivity index (χ4v) is 3.88. The van der Waals surface area contributed by atoms with Crippen molar-refractivity contribution in [2.45, 2.75) is 26.3 Å². The molecule has 0 spiro atoms. The Morgan fingerprint density at radius 3 is 2.50 bits per heavy atom. The Labute approximate surface area is 146 Å². The summed E-state index contributed by atoms with van der Waals surface area (Å²) in [6, 6.07) is 11.5. The van der Waals surface area contributed by atoms with Crippen LogP contribution in [0.15, 0.2) is 41.8 Å². The summed E-state index contributed by atoms with van der Waals surface area (Å²) in [5, 5.41) is 5.02. The van der Waals surface area contributed by atoms with Crippen LogP contribution >= 0.6 is 11.3 Å². The van der Waals surface area contributed by atoms with Gasteiger partial charge in [0.1, 0.15) is 0 Å². The molecular weight excluding hydrogens is 320 g/mol. The third-order valence-electron chi connectivity index (χ3n) is 4.58. The van der Waals surface area contributed by atoms with Crippen molar-refractivity contribution in [2.24, 2.45) is 5.92 Å². The van der Waals surface area contributed by atoms with Gasteiger partial charge >= 0.3 is 6.03 Å². The number of thiophene rings is 1. The summed E-state index contributed by atoms with van der Waals surface area (Å²) in [6.07, 6.45) is 1.47. The molecule has 2 amide bonds. The number of benzene rings is 1. The molecule has 1 aliphatic rings. The lowest BCUT2D eigenvalue weighted by molar-refractivity contribution is 0.0854. The van der Waals surface area contributed by atoms with Crippen LogP contribution in [0.4, 0.5) is 4.79 Å². The number of rotatable bonds is 4. The van der Waals surface area contributed by atoms with Gasteiger partial charge in [0.25, 0.3) is 0 Å². The molecule has 3 rings (SSSR count). The van der Waals surface area contributed by atoms with E-state index in [-0.39, 0.29) is 17.7 Å². The molecule has 24 heavy (non-hydrogen) atoms. The third kappa shape index (κ3) is 3.85. The number of carbonyl (C=O) groups excluding carboxylic acids is 2. The number of Topliss-reactive ketones (excluding diaryl/α,β-unsaturated/α-hetero) is 1. The Kier molecular flexibility index (Phi) is 5.30. The van der Waals surface area contributed by atoms with E-state index in [1.807, 2.05) is 40.6 Å². The lowest BCUT2D eigenvalue weighted by Gasteiger charge is -2.31. The number of carbonyl (C=O) groups is 2. The average Bonchev–Trinajstić information content (AvgIpc) is 3.05. The first-order valence-electron chi connectivity index (χ1n) is 8.30. The number of nitrogens with zero attached hydrogens (tertiary/aromatic N) is 1. The molecule has 4 nitrogen and oxygen atoms in total. The molecule has 0 aliphatic carbocycles. The quantitative estimate of drug-likeness (QED) is 0.858. The zero-order chi connectivity index (χ0) is 16.9. The van der Waals surface area contributed by atoms with E-state index in [0.29, 0.717) is 19.6 Å². The molecule has 0 atom stereocenters. The topological polar surface area (TPSA) is 49.4 Å². The number of hydrogen-bond donors (Lipinski definition) is 1. The molecule has 1 N–H and O–H groups in total. The van der Waals surface area contributed by atoms with Crippen molar-refractivity contribution in [3.05, 3.63) is 57.8 Å². The second-order valence-electron chi connectivity index (χ2n) is 6.18. The highest BCUT2D eigenvalue weighted by molar-refractivity contribution is 7.10. The van der Waals surface area contributed by atoms with Crippen LogP contribution in [0.3, 0.4) is 0 Å². The van der Waals surface area contributed by atoms with Crippen molar-refractivity contribution >= 4 is 23.2 Å². The van der Waals surface area contributed by atoms with Crippen molar-refractivity contribution in [1.29, 1.82) is 0 Å². The van der Waals surface area contributed by atoms with Gasteiger partial charge in [-0.15, -0.1) is 11.3 Å². The normalized spacial score (nSPS) is 15.3.